The van der Waals surface area contributed by atoms with E-state index in [1.807, 2.05) is 26.0 Å². The Balaban J connectivity index is 2.82. The van der Waals surface area contributed by atoms with Crippen molar-refractivity contribution in [2.75, 3.05) is 5.32 Å². The van der Waals surface area contributed by atoms with Gasteiger partial charge in [-0.15, -0.1) is 0 Å². The molecule has 0 aromatic carbocycles. The second-order valence-corrected chi connectivity index (χ2v) is 3.08. The van der Waals surface area contributed by atoms with Gasteiger partial charge in [0, 0.05) is 5.69 Å². The topological polar surface area (TPSA) is 50.9 Å². The van der Waals surface area contributed by atoms with Crippen molar-refractivity contribution in [3.8, 4) is 0 Å². The summed E-state index contributed by atoms with van der Waals surface area (Å²) in [6.07, 6.45) is 1.40. The van der Waals surface area contributed by atoms with E-state index in [1.165, 1.54) is 5.56 Å². The van der Waals surface area contributed by atoms with Gasteiger partial charge in [-0.1, -0.05) is 12.7 Å². The van der Waals surface area contributed by atoms with Gasteiger partial charge in [0.2, 0.25) is 0 Å². The maximum atomic E-state index is 5.64. The van der Waals surface area contributed by atoms with Gasteiger partial charge in [0.15, 0.2) is 0 Å². The summed E-state index contributed by atoms with van der Waals surface area (Å²) in [5.74, 6) is 0.796. The predicted octanol–water partition coefficient (Wildman–Crippen LogP) is 1.58. The lowest BCUT2D eigenvalue weighted by Gasteiger charge is -2.10. The highest BCUT2D eigenvalue weighted by Crippen LogP contribution is 2.09. The van der Waals surface area contributed by atoms with Gasteiger partial charge in [-0.05, 0) is 31.5 Å². The van der Waals surface area contributed by atoms with Gasteiger partial charge < -0.3 is 11.1 Å². The Hall–Kier alpha value is -1.35. The van der Waals surface area contributed by atoms with E-state index in [4.69, 9.17) is 5.73 Å². The molecule has 0 aliphatic carbocycles. The second kappa shape index (κ2) is 4.05. The van der Waals surface area contributed by atoms with Crippen molar-refractivity contribution in [1.29, 1.82) is 0 Å². The van der Waals surface area contributed by atoms with Crippen molar-refractivity contribution in [1.82, 2.24) is 4.98 Å². The average Bonchev–Trinajstić information content (AvgIpc) is 2.02. The number of hydrogen-bond acceptors (Lipinski definition) is 3. The number of aryl methyl sites for hydroxylation is 2. The van der Waals surface area contributed by atoms with Crippen LogP contribution < -0.4 is 11.1 Å². The van der Waals surface area contributed by atoms with Crippen LogP contribution in [0.1, 0.15) is 11.3 Å². The zero-order valence-electron chi connectivity index (χ0n) is 8.04. The monoisotopic (exact) mass is 177 g/mol. The summed E-state index contributed by atoms with van der Waals surface area (Å²) in [6.45, 7) is 7.57. The van der Waals surface area contributed by atoms with Gasteiger partial charge in [-0.25, -0.2) is 4.98 Å². The van der Waals surface area contributed by atoms with Crippen molar-refractivity contribution < 1.29 is 0 Å². The van der Waals surface area contributed by atoms with Gasteiger partial charge in [-0.3, -0.25) is 0 Å². The third-order valence-corrected chi connectivity index (χ3v) is 1.67. The fraction of sp³-hybridized carbons (Fsp3) is 0.300. The summed E-state index contributed by atoms with van der Waals surface area (Å²) in [4.78, 5) is 4.28. The minimum absolute atomic E-state index is 0.242. The fourth-order valence-electron chi connectivity index (χ4n) is 1.14. The fourth-order valence-corrected chi connectivity index (χ4v) is 1.14. The third kappa shape index (κ3) is 2.87. The zero-order chi connectivity index (χ0) is 9.84. The quantitative estimate of drug-likeness (QED) is 0.544. The molecule has 3 nitrogen and oxygen atoms in total. The number of aromatic nitrogens is 1. The highest BCUT2D eigenvalue weighted by atomic mass is 15.1. The van der Waals surface area contributed by atoms with Crippen LogP contribution in [-0.4, -0.2) is 11.1 Å². The van der Waals surface area contributed by atoms with E-state index in [9.17, 15) is 0 Å². The Morgan fingerprint density at radius 2 is 2.23 bits per heavy atom. The molecule has 1 atom stereocenters. The predicted molar refractivity (Wildman–Crippen MR) is 55.5 cm³/mol. The van der Waals surface area contributed by atoms with Gasteiger partial charge in [0.1, 0.15) is 5.82 Å². The molecular weight excluding hydrogens is 162 g/mol. The Labute approximate surface area is 78.7 Å². The maximum absolute atomic E-state index is 5.64. The molecule has 1 heterocycles. The Morgan fingerprint density at radius 1 is 1.54 bits per heavy atom. The summed E-state index contributed by atoms with van der Waals surface area (Å²) < 4.78 is 0. The molecule has 0 saturated heterocycles. The zero-order valence-corrected chi connectivity index (χ0v) is 8.04. The number of nitrogens with two attached hydrogens (primary N) is 1. The molecule has 0 bridgehead atoms. The number of nitrogens with zero attached hydrogens (tertiary/aromatic N) is 1. The van der Waals surface area contributed by atoms with Gasteiger partial charge in [0.25, 0.3) is 0 Å². The molecule has 70 valence electrons. The van der Waals surface area contributed by atoms with E-state index in [2.05, 4.69) is 16.9 Å². The average molecular weight is 177 g/mol. The Bertz CT molecular complexity index is 287. The van der Waals surface area contributed by atoms with E-state index in [-0.39, 0.29) is 6.17 Å². The number of rotatable bonds is 3. The molecule has 0 fully saturated rings. The molecule has 1 unspecified atom stereocenters. The molecule has 0 radical (unpaired) electrons. The van der Waals surface area contributed by atoms with Crippen LogP contribution in [-0.2, 0) is 0 Å². The van der Waals surface area contributed by atoms with Crippen molar-refractivity contribution in [2.24, 2.45) is 5.73 Å². The lowest BCUT2D eigenvalue weighted by atomic mass is 10.2. The summed E-state index contributed by atoms with van der Waals surface area (Å²) in [5, 5.41) is 3.02. The highest BCUT2D eigenvalue weighted by Gasteiger charge is 1.99. The number of anilines is 1. The van der Waals surface area contributed by atoms with Crippen molar-refractivity contribution >= 4 is 5.82 Å². The number of hydrogen-bond donors (Lipinski definition) is 2. The summed E-state index contributed by atoms with van der Waals surface area (Å²) in [7, 11) is 0. The first-order chi connectivity index (χ1) is 6.11. The molecule has 0 saturated carbocycles. The molecule has 0 aliphatic rings. The van der Waals surface area contributed by atoms with E-state index < -0.39 is 0 Å². The first-order valence-electron chi connectivity index (χ1n) is 4.22. The first-order valence-corrected chi connectivity index (χ1v) is 4.22. The van der Waals surface area contributed by atoms with Gasteiger partial charge in [0.05, 0.1) is 6.17 Å². The normalized spacial score (nSPS) is 12.2. The Kier molecular flexibility index (Phi) is 3.03. The molecule has 1 aromatic rings. The van der Waals surface area contributed by atoms with E-state index >= 15 is 0 Å². The first kappa shape index (κ1) is 9.74. The lowest BCUT2D eigenvalue weighted by Crippen LogP contribution is -2.27. The second-order valence-electron chi connectivity index (χ2n) is 3.08. The maximum Gasteiger partial charge on any atom is 0.127 e. The number of nitrogens with one attached hydrogen (secondary N) is 1. The number of pyridine rings is 1. The minimum Gasteiger partial charge on any atom is -0.352 e. The van der Waals surface area contributed by atoms with Crippen molar-refractivity contribution in [3.63, 3.8) is 0 Å². The van der Waals surface area contributed by atoms with E-state index in [0.29, 0.717) is 0 Å². The summed E-state index contributed by atoms with van der Waals surface area (Å²) >= 11 is 0. The molecule has 3 heteroatoms. The van der Waals surface area contributed by atoms with Crippen LogP contribution >= 0.6 is 0 Å². The lowest BCUT2D eigenvalue weighted by molar-refractivity contribution is 0.928. The summed E-state index contributed by atoms with van der Waals surface area (Å²) in [5.41, 5.74) is 7.79. The van der Waals surface area contributed by atoms with E-state index in [0.717, 1.165) is 11.5 Å². The largest absolute Gasteiger partial charge is 0.352 e. The third-order valence-electron chi connectivity index (χ3n) is 1.67. The smallest absolute Gasteiger partial charge is 0.127 e. The SMILES string of the molecule is C=CC(N)Nc1cc(C)cc(C)n1. The van der Waals surface area contributed by atoms with Crippen LogP contribution in [0.3, 0.4) is 0 Å². The molecular formula is C10H15N3. The minimum atomic E-state index is -0.242. The molecule has 13 heavy (non-hydrogen) atoms. The van der Waals surface area contributed by atoms with Crippen molar-refractivity contribution in [3.05, 3.63) is 36.0 Å². The van der Waals surface area contributed by atoms with Crippen LogP contribution in [0.15, 0.2) is 24.8 Å². The standard InChI is InChI=1S/C10H15N3/c1-4-9(11)13-10-6-7(2)5-8(3)12-10/h4-6,9H,1,11H2,2-3H3,(H,12,13). The van der Waals surface area contributed by atoms with Crippen LogP contribution in [0, 0.1) is 13.8 Å². The highest BCUT2D eigenvalue weighted by molar-refractivity contribution is 5.40. The van der Waals surface area contributed by atoms with Crippen LogP contribution in [0.4, 0.5) is 5.82 Å². The van der Waals surface area contributed by atoms with Crippen LogP contribution in [0.5, 0.6) is 0 Å². The molecule has 1 rings (SSSR count). The molecule has 0 aliphatic heterocycles. The Morgan fingerprint density at radius 3 is 2.77 bits per heavy atom. The summed E-state index contributed by atoms with van der Waals surface area (Å²) in [6, 6.07) is 3.97. The van der Waals surface area contributed by atoms with Crippen LogP contribution in [0.2, 0.25) is 0 Å². The molecule has 3 N–H and O–H groups in total. The van der Waals surface area contributed by atoms with Gasteiger partial charge in [-0.2, -0.15) is 0 Å². The molecule has 1 aromatic heterocycles. The van der Waals surface area contributed by atoms with Crippen LogP contribution in [0.25, 0.3) is 0 Å². The molecule has 0 amide bonds. The van der Waals surface area contributed by atoms with E-state index in [1.54, 1.807) is 6.08 Å². The molecule has 0 spiro atoms. The van der Waals surface area contributed by atoms with Gasteiger partial charge >= 0.3 is 0 Å². The van der Waals surface area contributed by atoms with Crippen molar-refractivity contribution in [2.45, 2.75) is 20.0 Å².